The fourth-order valence-electron chi connectivity index (χ4n) is 3.91. The fourth-order valence-corrected chi connectivity index (χ4v) is 3.91. The smallest absolute Gasteiger partial charge is 0.357 e. The van der Waals surface area contributed by atoms with Crippen molar-refractivity contribution >= 4 is 17.8 Å². The summed E-state index contributed by atoms with van der Waals surface area (Å²) in [5.74, 6) is -8.96. The first kappa shape index (κ1) is 21.2. The van der Waals surface area contributed by atoms with E-state index in [2.05, 4.69) is 0 Å². The fraction of sp³-hybridized carbons (Fsp3) is 0.0833. The molecule has 5 rings (SSSR count). The molecule has 3 aromatic carbocycles. The number of ether oxygens (including phenoxy) is 3. The molecule has 2 unspecified atom stereocenters. The second-order valence-electron chi connectivity index (χ2n) is 7.66. The van der Waals surface area contributed by atoms with Crippen LogP contribution in [0.25, 0.3) is 6.08 Å². The molecule has 2 aliphatic rings. The molecule has 0 aliphatic carbocycles. The summed E-state index contributed by atoms with van der Waals surface area (Å²) in [5, 5.41) is 50.4. The Labute approximate surface area is 191 Å². The molecule has 0 fully saturated rings. The normalized spacial score (nSPS) is 22.6. The predicted molar refractivity (Wildman–Crippen MR) is 114 cm³/mol. The number of aromatic hydroxyl groups is 3. The predicted octanol–water partition coefficient (Wildman–Crippen LogP) is 2.49. The van der Waals surface area contributed by atoms with Crippen molar-refractivity contribution in [2.24, 2.45) is 0 Å². The van der Waals surface area contributed by atoms with Gasteiger partial charge in [-0.3, -0.25) is 4.79 Å². The third-order valence-electron chi connectivity index (χ3n) is 5.45. The van der Waals surface area contributed by atoms with Crippen LogP contribution < -0.4 is 14.2 Å². The Hall–Kier alpha value is -4.70. The quantitative estimate of drug-likeness (QED) is 0.364. The number of rotatable bonds is 3. The number of carbonyl (C=O) groups excluding carboxylic acids is 1. The summed E-state index contributed by atoms with van der Waals surface area (Å²) < 4.78 is 17.7. The Morgan fingerprint density at radius 3 is 2.24 bits per heavy atom. The molecule has 0 saturated carbocycles. The lowest BCUT2D eigenvalue weighted by Gasteiger charge is -2.50. The average molecular weight is 464 g/mol. The van der Waals surface area contributed by atoms with Gasteiger partial charge in [0, 0.05) is 23.8 Å². The van der Waals surface area contributed by atoms with Gasteiger partial charge in [0.1, 0.15) is 28.6 Å². The summed E-state index contributed by atoms with van der Waals surface area (Å²) in [7, 11) is 0. The zero-order valence-electron chi connectivity index (χ0n) is 17.1. The lowest BCUT2D eigenvalue weighted by Crippen LogP contribution is -2.70. The van der Waals surface area contributed by atoms with E-state index in [0.29, 0.717) is 5.56 Å². The van der Waals surface area contributed by atoms with E-state index in [9.17, 15) is 30.0 Å². The Kier molecular flexibility index (Phi) is 4.45. The molecule has 0 spiro atoms. The SMILES string of the molecule is O=C(O)/C=C/c1ccc2c(c1)OC1(c3ccc(O)cc3)Oc3cc(O)cc(O)c3C(=O)C1(O)O2. The van der Waals surface area contributed by atoms with Gasteiger partial charge in [-0.1, -0.05) is 6.07 Å². The maximum Gasteiger partial charge on any atom is 0.357 e. The molecular weight excluding hydrogens is 448 g/mol. The molecule has 5 N–H and O–H groups in total. The highest BCUT2D eigenvalue weighted by atomic mass is 16.8. The molecule has 10 nitrogen and oxygen atoms in total. The van der Waals surface area contributed by atoms with Gasteiger partial charge in [-0.25, -0.2) is 4.79 Å². The van der Waals surface area contributed by atoms with Crippen LogP contribution in [0, 0.1) is 0 Å². The highest BCUT2D eigenvalue weighted by Gasteiger charge is 2.70. The largest absolute Gasteiger partial charge is 0.508 e. The first-order chi connectivity index (χ1) is 16.1. The van der Waals surface area contributed by atoms with Crippen molar-refractivity contribution in [3.05, 3.63) is 77.4 Å². The van der Waals surface area contributed by atoms with E-state index < -0.39 is 40.4 Å². The number of hydrogen-bond acceptors (Lipinski definition) is 9. The van der Waals surface area contributed by atoms with E-state index in [1.54, 1.807) is 0 Å². The second-order valence-corrected chi connectivity index (χ2v) is 7.66. The van der Waals surface area contributed by atoms with Crippen LogP contribution in [0.5, 0.6) is 34.5 Å². The van der Waals surface area contributed by atoms with Crippen molar-refractivity contribution in [2.45, 2.75) is 11.6 Å². The van der Waals surface area contributed by atoms with Crippen molar-refractivity contribution in [3.8, 4) is 34.5 Å². The van der Waals surface area contributed by atoms with Crippen molar-refractivity contribution < 1.29 is 49.3 Å². The third-order valence-corrected chi connectivity index (χ3v) is 5.45. The van der Waals surface area contributed by atoms with Crippen molar-refractivity contribution in [1.82, 2.24) is 0 Å². The second kappa shape index (κ2) is 7.15. The molecule has 2 heterocycles. The summed E-state index contributed by atoms with van der Waals surface area (Å²) >= 11 is 0. The summed E-state index contributed by atoms with van der Waals surface area (Å²) in [6.07, 6.45) is 2.22. The summed E-state index contributed by atoms with van der Waals surface area (Å²) in [6.45, 7) is 0. The van der Waals surface area contributed by atoms with Gasteiger partial charge in [0.05, 0.1) is 0 Å². The van der Waals surface area contributed by atoms with Crippen molar-refractivity contribution in [2.75, 3.05) is 0 Å². The molecule has 0 bridgehead atoms. The Morgan fingerprint density at radius 1 is 0.824 bits per heavy atom. The standard InChI is InChI=1S/C24H16O10/c25-14-5-3-13(4-6-14)24-23(31,22(30)21-16(27)10-15(26)11-19(21)34-24)32-17-7-1-12(2-8-20(28)29)9-18(17)33-24/h1-11,25-27,31H,(H,28,29)/b8-2+. The monoisotopic (exact) mass is 464 g/mol. The molecule has 2 atom stereocenters. The van der Waals surface area contributed by atoms with Crippen LogP contribution in [0.3, 0.4) is 0 Å². The number of aliphatic carboxylic acids is 1. The molecule has 0 amide bonds. The van der Waals surface area contributed by atoms with E-state index in [1.807, 2.05) is 0 Å². The number of ketones is 1. The van der Waals surface area contributed by atoms with Crippen molar-refractivity contribution in [3.63, 3.8) is 0 Å². The average Bonchev–Trinajstić information content (AvgIpc) is 2.77. The van der Waals surface area contributed by atoms with Crippen LogP contribution in [-0.2, 0) is 10.6 Å². The number of phenolic OH excluding ortho intramolecular Hbond substituents is 3. The highest BCUT2D eigenvalue weighted by Crippen LogP contribution is 2.55. The van der Waals surface area contributed by atoms with Crippen LogP contribution >= 0.6 is 0 Å². The van der Waals surface area contributed by atoms with Gasteiger partial charge in [-0.05, 0) is 48.0 Å². The van der Waals surface area contributed by atoms with Gasteiger partial charge in [-0.15, -0.1) is 0 Å². The molecule has 10 heteroatoms. The van der Waals surface area contributed by atoms with E-state index in [4.69, 9.17) is 19.3 Å². The minimum Gasteiger partial charge on any atom is -0.508 e. The molecular formula is C24H16O10. The van der Waals surface area contributed by atoms with Gasteiger partial charge in [0.2, 0.25) is 0 Å². The minimum absolute atomic E-state index is 0.00548. The van der Waals surface area contributed by atoms with Crippen LogP contribution in [0.1, 0.15) is 21.5 Å². The molecule has 172 valence electrons. The van der Waals surface area contributed by atoms with Gasteiger partial charge in [-0.2, -0.15) is 0 Å². The topological polar surface area (TPSA) is 163 Å². The van der Waals surface area contributed by atoms with Crippen LogP contribution in [-0.4, -0.2) is 43.1 Å². The third kappa shape index (κ3) is 3.00. The number of aliphatic hydroxyl groups is 1. The molecule has 0 saturated heterocycles. The van der Waals surface area contributed by atoms with E-state index in [0.717, 1.165) is 18.2 Å². The Bertz CT molecular complexity index is 1380. The zero-order valence-corrected chi connectivity index (χ0v) is 17.1. The summed E-state index contributed by atoms with van der Waals surface area (Å²) in [4.78, 5) is 24.4. The Morgan fingerprint density at radius 2 is 1.53 bits per heavy atom. The number of carboxylic acids is 1. The number of benzene rings is 3. The lowest BCUT2D eigenvalue weighted by molar-refractivity contribution is -0.316. The number of Topliss-reactive ketones (excluding diaryl/α,β-unsaturated/α-hetero) is 1. The van der Waals surface area contributed by atoms with Gasteiger partial charge >= 0.3 is 17.5 Å². The van der Waals surface area contributed by atoms with Crippen LogP contribution in [0.4, 0.5) is 0 Å². The van der Waals surface area contributed by atoms with Crippen LogP contribution in [0.15, 0.2) is 60.7 Å². The minimum atomic E-state index is -2.84. The molecule has 0 aromatic heterocycles. The Balaban J connectivity index is 1.74. The molecule has 3 aromatic rings. The lowest BCUT2D eigenvalue weighted by atomic mass is 9.85. The van der Waals surface area contributed by atoms with Crippen LogP contribution in [0.2, 0.25) is 0 Å². The van der Waals surface area contributed by atoms with Gasteiger partial charge in [0.15, 0.2) is 11.5 Å². The van der Waals surface area contributed by atoms with E-state index >= 15 is 0 Å². The molecule has 2 aliphatic heterocycles. The maximum atomic E-state index is 13.5. The summed E-state index contributed by atoms with van der Waals surface area (Å²) in [5.41, 5.74) is 0.0448. The zero-order chi connectivity index (χ0) is 24.3. The summed E-state index contributed by atoms with van der Waals surface area (Å²) in [6, 6.07) is 11.5. The first-order valence-electron chi connectivity index (χ1n) is 9.88. The van der Waals surface area contributed by atoms with E-state index in [-0.39, 0.29) is 28.6 Å². The number of phenols is 3. The highest BCUT2D eigenvalue weighted by molar-refractivity contribution is 6.08. The number of hydrogen-bond donors (Lipinski definition) is 5. The van der Waals surface area contributed by atoms with Crippen molar-refractivity contribution in [1.29, 1.82) is 0 Å². The molecule has 0 radical (unpaired) electrons. The van der Waals surface area contributed by atoms with Gasteiger partial charge in [0.25, 0.3) is 5.78 Å². The first-order valence-corrected chi connectivity index (χ1v) is 9.88. The number of carboxylic acid groups (broad SMARTS) is 1. The van der Waals surface area contributed by atoms with E-state index in [1.165, 1.54) is 48.5 Å². The number of fused-ring (bicyclic) bond motifs is 3. The van der Waals surface area contributed by atoms with Gasteiger partial charge < -0.3 is 39.7 Å². The maximum absolute atomic E-state index is 13.5. The number of carbonyl (C=O) groups is 2. The molecule has 34 heavy (non-hydrogen) atoms.